The molecule has 0 saturated carbocycles. The molecule has 16 heavy (non-hydrogen) atoms. The zero-order valence-corrected chi connectivity index (χ0v) is 11.6. The van der Waals surface area contributed by atoms with E-state index in [-0.39, 0.29) is 0 Å². The normalized spacial score (nSPS) is 35.8. The van der Waals surface area contributed by atoms with Crippen LogP contribution in [0.1, 0.15) is 47.5 Å². The number of nitrogens with one attached hydrogen (secondary N) is 1. The summed E-state index contributed by atoms with van der Waals surface area (Å²) in [6.07, 6.45) is 2.70. The van der Waals surface area contributed by atoms with Crippen molar-refractivity contribution in [2.75, 3.05) is 19.6 Å². The number of likely N-dealkylation sites (tertiary alicyclic amines) is 1. The van der Waals surface area contributed by atoms with Crippen molar-refractivity contribution < 1.29 is 0 Å². The molecule has 0 radical (unpaired) electrons. The van der Waals surface area contributed by atoms with E-state index >= 15 is 0 Å². The van der Waals surface area contributed by atoms with Gasteiger partial charge < -0.3 is 5.32 Å². The fourth-order valence-electron chi connectivity index (χ4n) is 3.21. The van der Waals surface area contributed by atoms with Gasteiger partial charge in [-0.3, -0.25) is 4.90 Å². The Morgan fingerprint density at radius 1 is 1.25 bits per heavy atom. The third-order valence-corrected chi connectivity index (χ3v) is 4.52. The van der Waals surface area contributed by atoms with Gasteiger partial charge >= 0.3 is 0 Å². The molecule has 0 aromatic carbocycles. The molecule has 2 rings (SSSR count). The first kappa shape index (κ1) is 12.4. The molecule has 2 aliphatic rings. The average Bonchev–Trinajstić information content (AvgIpc) is 2.68. The molecule has 2 nitrogen and oxygen atoms in total. The van der Waals surface area contributed by atoms with E-state index in [0.29, 0.717) is 11.0 Å². The van der Waals surface area contributed by atoms with Gasteiger partial charge in [0.1, 0.15) is 0 Å². The Morgan fingerprint density at radius 3 is 2.38 bits per heavy atom. The first-order valence-electron chi connectivity index (χ1n) is 6.77. The van der Waals surface area contributed by atoms with Gasteiger partial charge in [-0.1, -0.05) is 20.8 Å². The third kappa shape index (κ3) is 2.60. The zero-order valence-electron chi connectivity index (χ0n) is 11.6. The van der Waals surface area contributed by atoms with Crippen molar-refractivity contribution in [3.8, 4) is 0 Å². The highest BCUT2D eigenvalue weighted by atomic mass is 15.2. The van der Waals surface area contributed by atoms with Gasteiger partial charge in [0.25, 0.3) is 0 Å². The van der Waals surface area contributed by atoms with E-state index in [1.165, 1.54) is 32.5 Å². The number of nitrogens with zero attached hydrogens (tertiary/aromatic N) is 1. The van der Waals surface area contributed by atoms with E-state index in [1.54, 1.807) is 0 Å². The smallest absolute Gasteiger partial charge is 0.0238 e. The summed E-state index contributed by atoms with van der Waals surface area (Å²) in [5.41, 5.74) is 0.834. The van der Waals surface area contributed by atoms with Crippen LogP contribution in [0.25, 0.3) is 0 Å². The van der Waals surface area contributed by atoms with Crippen LogP contribution in [0.2, 0.25) is 0 Å². The Kier molecular flexibility index (Phi) is 3.09. The van der Waals surface area contributed by atoms with Gasteiger partial charge in [0, 0.05) is 24.7 Å². The minimum atomic E-state index is 0.352. The molecule has 2 atom stereocenters. The third-order valence-electron chi connectivity index (χ3n) is 4.52. The molecule has 0 aromatic rings. The Morgan fingerprint density at radius 2 is 1.94 bits per heavy atom. The summed E-state index contributed by atoms with van der Waals surface area (Å²) in [7, 11) is 0. The molecule has 0 aromatic heterocycles. The molecule has 2 unspecified atom stereocenters. The highest BCUT2D eigenvalue weighted by Gasteiger charge is 2.39. The molecule has 0 spiro atoms. The maximum atomic E-state index is 3.63. The van der Waals surface area contributed by atoms with Crippen LogP contribution in [0.5, 0.6) is 0 Å². The van der Waals surface area contributed by atoms with Gasteiger partial charge in [0.15, 0.2) is 0 Å². The molecule has 2 heterocycles. The lowest BCUT2D eigenvalue weighted by atomic mass is 9.80. The molecule has 2 saturated heterocycles. The van der Waals surface area contributed by atoms with E-state index in [1.807, 2.05) is 0 Å². The van der Waals surface area contributed by atoms with E-state index in [0.717, 1.165) is 12.0 Å². The van der Waals surface area contributed by atoms with Crippen molar-refractivity contribution in [2.24, 2.45) is 11.3 Å². The van der Waals surface area contributed by atoms with Crippen LogP contribution in [0.4, 0.5) is 0 Å². The first-order valence-corrected chi connectivity index (χ1v) is 6.77. The fourth-order valence-corrected chi connectivity index (χ4v) is 3.21. The van der Waals surface area contributed by atoms with E-state index in [4.69, 9.17) is 0 Å². The largest absolute Gasteiger partial charge is 0.310 e. The van der Waals surface area contributed by atoms with Gasteiger partial charge in [-0.25, -0.2) is 0 Å². The van der Waals surface area contributed by atoms with Crippen LogP contribution in [-0.4, -0.2) is 36.1 Å². The van der Waals surface area contributed by atoms with Gasteiger partial charge in [-0.05, 0) is 44.6 Å². The number of hydrogen-bond acceptors (Lipinski definition) is 2. The Labute approximate surface area is 101 Å². The highest BCUT2D eigenvalue weighted by Crippen LogP contribution is 2.36. The van der Waals surface area contributed by atoms with Crippen LogP contribution in [0, 0.1) is 11.3 Å². The lowest BCUT2D eigenvalue weighted by molar-refractivity contribution is 0.198. The average molecular weight is 224 g/mol. The second-order valence-electron chi connectivity index (χ2n) is 7.47. The van der Waals surface area contributed by atoms with Crippen molar-refractivity contribution in [1.29, 1.82) is 0 Å². The van der Waals surface area contributed by atoms with E-state index in [2.05, 4.69) is 44.8 Å². The molecule has 0 bridgehead atoms. The summed E-state index contributed by atoms with van der Waals surface area (Å²) in [4.78, 5) is 2.72. The summed E-state index contributed by atoms with van der Waals surface area (Å²) in [5, 5.41) is 3.63. The SMILES string of the molecule is CC1(C)CC(N2CCC(C(C)(C)C)C2)CN1. The van der Waals surface area contributed by atoms with Crippen LogP contribution in [-0.2, 0) is 0 Å². The molecule has 94 valence electrons. The summed E-state index contributed by atoms with van der Waals surface area (Å²) >= 11 is 0. The van der Waals surface area contributed by atoms with Crippen LogP contribution < -0.4 is 5.32 Å². The molecular formula is C14H28N2. The lowest BCUT2D eigenvalue weighted by Gasteiger charge is -2.29. The van der Waals surface area contributed by atoms with Crippen LogP contribution in [0.15, 0.2) is 0 Å². The minimum absolute atomic E-state index is 0.352. The summed E-state index contributed by atoms with van der Waals surface area (Å²) in [6.45, 7) is 15.6. The van der Waals surface area contributed by atoms with Gasteiger partial charge in [-0.2, -0.15) is 0 Å². The Bertz CT molecular complexity index is 252. The summed E-state index contributed by atoms with van der Waals surface area (Å²) < 4.78 is 0. The fraction of sp³-hybridized carbons (Fsp3) is 1.00. The number of rotatable bonds is 1. The molecule has 1 N–H and O–H groups in total. The van der Waals surface area contributed by atoms with Gasteiger partial charge in [-0.15, -0.1) is 0 Å². The molecule has 0 aliphatic carbocycles. The van der Waals surface area contributed by atoms with Gasteiger partial charge in [0.2, 0.25) is 0 Å². The standard InChI is InChI=1S/C14H28N2/c1-13(2,3)11-6-7-16(10-11)12-8-14(4,5)15-9-12/h11-12,15H,6-10H2,1-5H3. The number of hydrogen-bond donors (Lipinski definition) is 1. The van der Waals surface area contributed by atoms with Crippen molar-refractivity contribution in [2.45, 2.75) is 59.0 Å². The monoisotopic (exact) mass is 224 g/mol. The Balaban J connectivity index is 1.90. The molecule has 2 fully saturated rings. The van der Waals surface area contributed by atoms with E-state index in [9.17, 15) is 0 Å². The lowest BCUT2D eigenvalue weighted by Crippen LogP contribution is -2.36. The Hall–Kier alpha value is -0.0800. The second kappa shape index (κ2) is 3.99. The maximum Gasteiger partial charge on any atom is 0.0238 e. The van der Waals surface area contributed by atoms with Crippen molar-refractivity contribution in [3.63, 3.8) is 0 Å². The second-order valence-corrected chi connectivity index (χ2v) is 7.47. The zero-order chi connectivity index (χ0) is 12.0. The van der Waals surface area contributed by atoms with Crippen molar-refractivity contribution in [3.05, 3.63) is 0 Å². The summed E-state index contributed by atoms with van der Waals surface area (Å²) in [5.74, 6) is 0.885. The minimum Gasteiger partial charge on any atom is -0.310 e. The van der Waals surface area contributed by atoms with Gasteiger partial charge in [0.05, 0.1) is 0 Å². The predicted molar refractivity (Wildman–Crippen MR) is 69.6 cm³/mol. The molecule has 0 amide bonds. The van der Waals surface area contributed by atoms with Crippen LogP contribution >= 0.6 is 0 Å². The first-order chi connectivity index (χ1) is 7.28. The highest BCUT2D eigenvalue weighted by molar-refractivity contribution is 4.97. The quantitative estimate of drug-likeness (QED) is 0.736. The van der Waals surface area contributed by atoms with E-state index < -0.39 is 0 Å². The van der Waals surface area contributed by atoms with Crippen molar-refractivity contribution in [1.82, 2.24) is 10.2 Å². The maximum absolute atomic E-state index is 3.63. The molecule has 2 heteroatoms. The predicted octanol–water partition coefficient (Wildman–Crippen LogP) is 2.49. The topological polar surface area (TPSA) is 15.3 Å². The molecular weight excluding hydrogens is 196 g/mol. The molecule has 2 aliphatic heterocycles. The van der Waals surface area contributed by atoms with Crippen LogP contribution in [0.3, 0.4) is 0 Å². The summed E-state index contributed by atoms with van der Waals surface area (Å²) in [6, 6.07) is 0.780. The van der Waals surface area contributed by atoms with Crippen molar-refractivity contribution >= 4 is 0 Å².